The summed E-state index contributed by atoms with van der Waals surface area (Å²) in [5.41, 5.74) is -4.14. The van der Waals surface area contributed by atoms with Gasteiger partial charge in [0.05, 0.1) is 15.9 Å². The zero-order valence-corrected chi connectivity index (χ0v) is 12.6. The van der Waals surface area contributed by atoms with Crippen LogP contribution in [0.1, 0.15) is 12.5 Å². The predicted molar refractivity (Wildman–Crippen MR) is 73.7 cm³/mol. The summed E-state index contributed by atoms with van der Waals surface area (Å²) in [6.07, 6.45) is 0.596. The minimum absolute atomic E-state index is 0.121. The molecule has 0 bridgehead atoms. The number of alkyl halides is 3. The van der Waals surface area contributed by atoms with E-state index in [4.69, 9.17) is 11.6 Å². The Labute approximate surface area is 123 Å². The van der Waals surface area contributed by atoms with Crippen molar-refractivity contribution < 1.29 is 21.6 Å². The summed E-state index contributed by atoms with van der Waals surface area (Å²) in [5, 5.41) is 4.07. The standard InChI is InChI=1S/C11H11ClF3N3O2S/c1-3-6-4-5-7(12)8-9(6)18(2)16-10(8)17-21(19,20)11(13,14)15/h4-5H,3H2,1-2H3,(H,16,17). The quantitative estimate of drug-likeness (QED) is 0.933. The molecular formula is C11H11ClF3N3O2S. The lowest BCUT2D eigenvalue weighted by Crippen LogP contribution is -2.30. The van der Waals surface area contributed by atoms with E-state index >= 15 is 0 Å². The lowest BCUT2D eigenvalue weighted by Gasteiger charge is -2.09. The van der Waals surface area contributed by atoms with Gasteiger partial charge in [0, 0.05) is 7.05 Å². The van der Waals surface area contributed by atoms with Crippen LogP contribution in [-0.2, 0) is 23.5 Å². The summed E-state index contributed by atoms with van der Waals surface area (Å²) in [6, 6.07) is 3.21. The SMILES string of the molecule is CCc1ccc(Cl)c2c(NS(=O)(=O)C(F)(F)F)nn(C)c12. The molecule has 1 aromatic carbocycles. The number of hydrogen-bond acceptors (Lipinski definition) is 3. The number of anilines is 1. The van der Waals surface area contributed by atoms with Crippen molar-refractivity contribution in [3.8, 4) is 0 Å². The molecule has 0 amide bonds. The van der Waals surface area contributed by atoms with Crippen molar-refractivity contribution in [2.75, 3.05) is 4.72 Å². The van der Waals surface area contributed by atoms with Crippen molar-refractivity contribution >= 4 is 38.3 Å². The molecule has 0 radical (unpaired) electrons. The first-order chi connectivity index (χ1) is 9.58. The number of nitrogens with zero attached hydrogens (tertiary/aromatic N) is 2. The number of fused-ring (bicyclic) bond motifs is 1. The summed E-state index contributed by atoms with van der Waals surface area (Å²) in [5.74, 6) is -0.440. The van der Waals surface area contributed by atoms with E-state index in [-0.39, 0.29) is 10.4 Å². The predicted octanol–water partition coefficient (Wildman–Crippen LogP) is 3.05. The fourth-order valence-corrected chi connectivity index (χ4v) is 2.75. The molecule has 0 saturated carbocycles. The van der Waals surface area contributed by atoms with Crippen LogP contribution in [0.15, 0.2) is 12.1 Å². The molecule has 0 unspecified atom stereocenters. The fourth-order valence-electron chi connectivity index (χ4n) is 2.00. The average molecular weight is 342 g/mol. The van der Waals surface area contributed by atoms with Gasteiger partial charge >= 0.3 is 15.5 Å². The van der Waals surface area contributed by atoms with E-state index in [9.17, 15) is 21.6 Å². The Kier molecular flexibility index (Phi) is 3.83. The van der Waals surface area contributed by atoms with Gasteiger partial charge in [-0.15, -0.1) is 0 Å². The Morgan fingerprint density at radius 1 is 1.38 bits per heavy atom. The minimum Gasteiger partial charge on any atom is -0.265 e. The number of aryl methyl sites for hydroxylation is 2. The molecule has 116 valence electrons. The van der Waals surface area contributed by atoms with Gasteiger partial charge in [-0.05, 0) is 18.1 Å². The van der Waals surface area contributed by atoms with Crippen LogP contribution in [0, 0.1) is 0 Å². The number of nitrogens with one attached hydrogen (secondary N) is 1. The second kappa shape index (κ2) is 5.06. The van der Waals surface area contributed by atoms with E-state index in [1.807, 2.05) is 6.92 Å². The molecule has 0 fully saturated rings. The van der Waals surface area contributed by atoms with Crippen LogP contribution in [0.4, 0.5) is 19.0 Å². The van der Waals surface area contributed by atoms with E-state index in [0.717, 1.165) is 5.56 Å². The van der Waals surface area contributed by atoms with Crippen LogP contribution in [0.25, 0.3) is 10.9 Å². The maximum Gasteiger partial charge on any atom is 0.516 e. The zero-order valence-electron chi connectivity index (χ0n) is 11.0. The number of aromatic nitrogens is 2. The Hall–Kier alpha value is -1.48. The lowest BCUT2D eigenvalue weighted by molar-refractivity contribution is -0.0429. The van der Waals surface area contributed by atoms with Gasteiger partial charge in [0.1, 0.15) is 0 Å². The van der Waals surface area contributed by atoms with Gasteiger partial charge in [0.25, 0.3) is 0 Å². The highest BCUT2D eigenvalue weighted by Crippen LogP contribution is 2.34. The van der Waals surface area contributed by atoms with Gasteiger partial charge in [-0.25, -0.2) is 0 Å². The van der Waals surface area contributed by atoms with E-state index in [2.05, 4.69) is 5.10 Å². The lowest BCUT2D eigenvalue weighted by atomic mass is 10.1. The second-order valence-electron chi connectivity index (χ2n) is 4.31. The Bertz CT molecular complexity index is 799. The molecule has 21 heavy (non-hydrogen) atoms. The van der Waals surface area contributed by atoms with Gasteiger partial charge in [-0.1, -0.05) is 24.6 Å². The summed E-state index contributed by atoms with van der Waals surface area (Å²) in [4.78, 5) is 0. The minimum atomic E-state index is -5.55. The molecule has 1 heterocycles. The van der Waals surface area contributed by atoms with Gasteiger partial charge in [-0.2, -0.15) is 26.7 Å². The number of benzene rings is 1. The Balaban J connectivity index is 2.68. The van der Waals surface area contributed by atoms with Crippen LogP contribution in [0.3, 0.4) is 0 Å². The number of rotatable bonds is 3. The van der Waals surface area contributed by atoms with Crippen LogP contribution in [-0.4, -0.2) is 23.7 Å². The third-order valence-electron chi connectivity index (χ3n) is 2.94. The Morgan fingerprint density at radius 2 is 2.00 bits per heavy atom. The highest BCUT2D eigenvalue weighted by molar-refractivity contribution is 7.93. The molecule has 1 N–H and O–H groups in total. The first kappa shape index (κ1) is 15.9. The molecule has 0 aliphatic rings. The monoisotopic (exact) mass is 341 g/mol. The molecule has 0 spiro atoms. The summed E-state index contributed by atoms with van der Waals surface area (Å²) >= 11 is 5.98. The molecule has 1 aromatic heterocycles. The van der Waals surface area contributed by atoms with Crippen molar-refractivity contribution in [2.24, 2.45) is 7.05 Å². The van der Waals surface area contributed by atoms with E-state index < -0.39 is 21.3 Å². The maximum atomic E-state index is 12.5. The van der Waals surface area contributed by atoms with Crippen molar-refractivity contribution in [1.29, 1.82) is 0 Å². The molecule has 0 saturated heterocycles. The molecule has 2 rings (SSSR count). The van der Waals surface area contributed by atoms with Crippen LogP contribution in [0.5, 0.6) is 0 Å². The highest BCUT2D eigenvalue weighted by atomic mass is 35.5. The summed E-state index contributed by atoms with van der Waals surface area (Å²) in [6.45, 7) is 1.86. The number of sulfonamides is 1. The van der Waals surface area contributed by atoms with Gasteiger partial charge in [0.2, 0.25) is 0 Å². The highest BCUT2D eigenvalue weighted by Gasteiger charge is 2.46. The Morgan fingerprint density at radius 3 is 2.52 bits per heavy atom. The van der Waals surface area contributed by atoms with Crippen molar-refractivity contribution in [3.05, 3.63) is 22.7 Å². The largest absolute Gasteiger partial charge is 0.516 e. The first-order valence-electron chi connectivity index (χ1n) is 5.81. The third kappa shape index (κ3) is 2.67. The molecular weight excluding hydrogens is 331 g/mol. The van der Waals surface area contributed by atoms with Crippen LogP contribution < -0.4 is 4.72 Å². The maximum absolute atomic E-state index is 12.5. The average Bonchev–Trinajstić information content (AvgIpc) is 2.66. The number of hydrogen-bond donors (Lipinski definition) is 1. The van der Waals surface area contributed by atoms with Crippen LogP contribution >= 0.6 is 11.6 Å². The van der Waals surface area contributed by atoms with Gasteiger partial charge in [-0.3, -0.25) is 9.40 Å². The second-order valence-corrected chi connectivity index (χ2v) is 6.39. The van der Waals surface area contributed by atoms with E-state index in [0.29, 0.717) is 11.9 Å². The molecule has 0 atom stereocenters. The molecule has 0 aliphatic carbocycles. The first-order valence-corrected chi connectivity index (χ1v) is 7.67. The van der Waals surface area contributed by atoms with E-state index in [1.54, 1.807) is 6.07 Å². The topological polar surface area (TPSA) is 64.0 Å². The normalized spacial score (nSPS) is 12.9. The smallest absolute Gasteiger partial charge is 0.265 e. The van der Waals surface area contributed by atoms with E-state index in [1.165, 1.54) is 22.5 Å². The molecule has 5 nitrogen and oxygen atoms in total. The van der Waals surface area contributed by atoms with Crippen molar-refractivity contribution in [3.63, 3.8) is 0 Å². The van der Waals surface area contributed by atoms with Gasteiger partial charge < -0.3 is 0 Å². The summed E-state index contributed by atoms with van der Waals surface area (Å²) < 4.78 is 62.5. The molecule has 10 heteroatoms. The third-order valence-corrected chi connectivity index (χ3v) is 4.32. The fraction of sp³-hybridized carbons (Fsp3) is 0.364. The van der Waals surface area contributed by atoms with Crippen LogP contribution in [0.2, 0.25) is 5.02 Å². The molecule has 2 aromatic rings. The zero-order chi connectivity index (χ0) is 16.0. The molecule has 0 aliphatic heterocycles. The van der Waals surface area contributed by atoms with Crippen molar-refractivity contribution in [1.82, 2.24) is 9.78 Å². The summed E-state index contributed by atoms with van der Waals surface area (Å²) in [7, 11) is -4.05. The van der Waals surface area contributed by atoms with Gasteiger partial charge in [0.15, 0.2) is 5.82 Å². The van der Waals surface area contributed by atoms with Crippen molar-refractivity contribution in [2.45, 2.75) is 18.9 Å². The number of halogens is 4.